The Labute approximate surface area is 138 Å². The fraction of sp³-hybridized carbons (Fsp3) is 0.588. The van der Waals surface area contributed by atoms with Crippen LogP contribution in [0.2, 0.25) is 0 Å². The van der Waals surface area contributed by atoms with E-state index in [1.165, 1.54) is 0 Å². The van der Waals surface area contributed by atoms with Crippen LogP contribution < -0.4 is 5.32 Å². The van der Waals surface area contributed by atoms with Gasteiger partial charge in [0.15, 0.2) is 0 Å². The van der Waals surface area contributed by atoms with Crippen LogP contribution in [0.5, 0.6) is 0 Å². The first kappa shape index (κ1) is 16.5. The monoisotopic (exact) mass is 336 g/mol. The highest BCUT2D eigenvalue weighted by molar-refractivity contribution is 7.88. The maximum Gasteiger partial charge on any atom is 0.223 e. The lowest BCUT2D eigenvalue weighted by atomic mass is 10.1. The number of sulfonamides is 1. The number of carbonyl (C=O) groups excluding carboxylic acids is 1. The van der Waals surface area contributed by atoms with Crippen LogP contribution in [0.1, 0.15) is 36.8 Å². The normalized spacial score (nSPS) is 20.4. The summed E-state index contributed by atoms with van der Waals surface area (Å²) in [5.41, 5.74) is 1.90. The third kappa shape index (κ3) is 4.32. The average Bonchev–Trinajstić information content (AvgIpc) is 3.32. The van der Waals surface area contributed by atoms with E-state index in [1.807, 2.05) is 31.2 Å². The zero-order valence-electron chi connectivity index (χ0n) is 13.5. The van der Waals surface area contributed by atoms with Gasteiger partial charge in [0, 0.05) is 25.0 Å². The van der Waals surface area contributed by atoms with Crippen molar-refractivity contribution < 1.29 is 13.2 Å². The minimum Gasteiger partial charge on any atom is -0.353 e. The number of rotatable bonds is 5. The van der Waals surface area contributed by atoms with Crippen LogP contribution in [0, 0.1) is 12.8 Å². The number of amides is 1. The molecule has 2 aliphatic rings. The molecule has 1 N–H and O–H groups in total. The minimum atomic E-state index is -3.29. The van der Waals surface area contributed by atoms with Gasteiger partial charge < -0.3 is 5.32 Å². The van der Waals surface area contributed by atoms with Crippen LogP contribution >= 0.6 is 0 Å². The lowest BCUT2D eigenvalue weighted by Crippen LogP contribution is -2.47. The van der Waals surface area contributed by atoms with Crippen LogP contribution in [0.4, 0.5) is 0 Å². The summed E-state index contributed by atoms with van der Waals surface area (Å²) in [6, 6.07) is 7.74. The Kier molecular flexibility index (Phi) is 4.73. The van der Waals surface area contributed by atoms with E-state index in [4.69, 9.17) is 0 Å². The molecule has 1 saturated carbocycles. The number of benzene rings is 1. The van der Waals surface area contributed by atoms with E-state index >= 15 is 0 Å². The molecule has 23 heavy (non-hydrogen) atoms. The predicted octanol–water partition coefficient (Wildman–Crippen LogP) is 1.82. The number of aryl methyl sites for hydroxylation is 1. The maximum atomic E-state index is 12.6. The molecule has 1 aliphatic heterocycles. The molecule has 0 unspecified atom stereocenters. The molecule has 3 rings (SSSR count). The molecule has 6 heteroatoms. The summed E-state index contributed by atoms with van der Waals surface area (Å²) in [6.45, 7) is 2.94. The summed E-state index contributed by atoms with van der Waals surface area (Å²) < 4.78 is 26.7. The molecular formula is C17H24N2O3S. The van der Waals surface area contributed by atoms with Crippen molar-refractivity contribution in [1.82, 2.24) is 9.62 Å². The second kappa shape index (κ2) is 6.61. The fourth-order valence-corrected chi connectivity index (χ4v) is 4.60. The standard InChI is InChI=1S/C17H24N2O3S/c1-13-3-2-4-14(11-13)12-23(21,22)19-9-7-16(8-10-19)18-17(20)15-5-6-15/h2-4,11,15-16H,5-10,12H2,1H3,(H,18,20). The topological polar surface area (TPSA) is 66.5 Å². The molecule has 0 aromatic heterocycles. The zero-order chi connectivity index (χ0) is 16.4. The van der Waals surface area contributed by atoms with Gasteiger partial charge in [-0.2, -0.15) is 0 Å². The van der Waals surface area contributed by atoms with Crippen molar-refractivity contribution in [3.05, 3.63) is 35.4 Å². The number of hydrogen-bond donors (Lipinski definition) is 1. The Morgan fingerprint density at radius 1 is 1.22 bits per heavy atom. The molecule has 5 nitrogen and oxygen atoms in total. The molecule has 0 atom stereocenters. The number of nitrogens with one attached hydrogen (secondary N) is 1. The van der Waals surface area contributed by atoms with Crippen molar-refractivity contribution in [3.63, 3.8) is 0 Å². The molecule has 0 spiro atoms. The summed E-state index contributed by atoms with van der Waals surface area (Å²) in [6.07, 6.45) is 3.39. The van der Waals surface area contributed by atoms with E-state index in [-0.39, 0.29) is 23.6 Å². The summed E-state index contributed by atoms with van der Waals surface area (Å²) in [7, 11) is -3.29. The van der Waals surface area contributed by atoms with Gasteiger partial charge in [0.25, 0.3) is 0 Å². The Bertz CT molecular complexity index is 675. The number of nitrogens with zero attached hydrogens (tertiary/aromatic N) is 1. The lowest BCUT2D eigenvalue weighted by Gasteiger charge is -2.31. The highest BCUT2D eigenvalue weighted by Gasteiger charge is 2.33. The van der Waals surface area contributed by atoms with Crippen LogP contribution in [0.25, 0.3) is 0 Å². The molecule has 1 heterocycles. The van der Waals surface area contributed by atoms with Crippen LogP contribution in [-0.4, -0.2) is 37.8 Å². The van der Waals surface area contributed by atoms with Gasteiger partial charge in [0.1, 0.15) is 0 Å². The predicted molar refractivity (Wildman–Crippen MR) is 89.3 cm³/mol. The van der Waals surface area contributed by atoms with Crippen molar-refractivity contribution in [3.8, 4) is 0 Å². The molecule has 1 aromatic carbocycles. The van der Waals surface area contributed by atoms with Gasteiger partial charge in [-0.3, -0.25) is 4.79 Å². The van der Waals surface area contributed by atoms with Gasteiger partial charge in [0.05, 0.1) is 5.75 Å². The first-order chi connectivity index (χ1) is 10.9. The largest absolute Gasteiger partial charge is 0.353 e. The maximum absolute atomic E-state index is 12.6. The summed E-state index contributed by atoms with van der Waals surface area (Å²) in [4.78, 5) is 11.8. The Morgan fingerprint density at radius 3 is 2.52 bits per heavy atom. The van der Waals surface area contributed by atoms with Crippen molar-refractivity contribution in [2.75, 3.05) is 13.1 Å². The number of hydrogen-bond acceptors (Lipinski definition) is 3. The Morgan fingerprint density at radius 2 is 1.91 bits per heavy atom. The van der Waals surface area contributed by atoms with Crippen molar-refractivity contribution in [2.45, 2.75) is 44.4 Å². The van der Waals surface area contributed by atoms with Gasteiger partial charge in [-0.25, -0.2) is 12.7 Å². The third-order valence-corrected chi connectivity index (χ3v) is 6.42. The summed E-state index contributed by atoms with van der Waals surface area (Å²) in [5.74, 6) is 0.400. The van der Waals surface area contributed by atoms with Crippen molar-refractivity contribution in [2.24, 2.45) is 5.92 Å². The minimum absolute atomic E-state index is 0.0494. The van der Waals surface area contributed by atoms with Gasteiger partial charge in [-0.05, 0) is 38.2 Å². The van der Waals surface area contributed by atoms with Crippen molar-refractivity contribution >= 4 is 15.9 Å². The SMILES string of the molecule is Cc1cccc(CS(=O)(=O)N2CCC(NC(=O)C3CC3)CC2)c1. The number of carbonyl (C=O) groups is 1. The van der Waals surface area contributed by atoms with Crippen LogP contribution in [-0.2, 0) is 20.6 Å². The van der Waals surface area contributed by atoms with E-state index in [0.717, 1.165) is 24.0 Å². The third-order valence-electron chi connectivity index (χ3n) is 4.57. The molecule has 1 saturated heterocycles. The molecule has 1 amide bonds. The zero-order valence-corrected chi connectivity index (χ0v) is 14.3. The fourth-order valence-electron chi connectivity index (χ4n) is 3.05. The van der Waals surface area contributed by atoms with Crippen LogP contribution in [0.3, 0.4) is 0 Å². The second-order valence-corrected chi connectivity index (χ2v) is 8.67. The van der Waals surface area contributed by atoms with E-state index in [0.29, 0.717) is 25.9 Å². The molecular weight excluding hydrogens is 312 g/mol. The molecule has 126 valence electrons. The Hall–Kier alpha value is -1.40. The van der Waals surface area contributed by atoms with Gasteiger partial charge >= 0.3 is 0 Å². The first-order valence-corrected chi connectivity index (χ1v) is 9.89. The van der Waals surface area contributed by atoms with E-state index in [9.17, 15) is 13.2 Å². The van der Waals surface area contributed by atoms with Crippen LogP contribution in [0.15, 0.2) is 24.3 Å². The van der Waals surface area contributed by atoms with E-state index in [2.05, 4.69) is 5.32 Å². The van der Waals surface area contributed by atoms with Gasteiger partial charge in [-0.1, -0.05) is 29.8 Å². The van der Waals surface area contributed by atoms with Crippen molar-refractivity contribution in [1.29, 1.82) is 0 Å². The molecule has 2 fully saturated rings. The average molecular weight is 336 g/mol. The van der Waals surface area contributed by atoms with Gasteiger partial charge in [-0.15, -0.1) is 0 Å². The molecule has 0 radical (unpaired) electrons. The number of piperidine rings is 1. The smallest absolute Gasteiger partial charge is 0.223 e. The lowest BCUT2D eigenvalue weighted by molar-refractivity contribution is -0.123. The molecule has 1 aromatic rings. The second-order valence-electron chi connectivity index (χ2n) is 6.70. The van der Waals surface area contributed by atoms with Gasteiger partial charge in [0.2, 0.25) is 15.9 Å². The summed E-state index contributed by atoms with van der Waals surface area (Å²) in [5, 5.41) is 3.05. The highest BCUT2D eigenvalue weighted by atomic mass is 32.2. The molecule has 1 aliphatic carbocycles. The quantitative estimate of drug-likeness (QED) is 0.892. The van der Waals surface area contributed by atoms with E-state index < -0.39 is 10.0 Å². The molecule has 0 bridgehead atoms. The highest BCUT2D eigenvalue weighted by Crippen LogP contribution is 2.29. The Balaban J connectivity index is 1.54. The van der Waals surface area contributed by atoms with E-state index in [1.54, 1.807) is 4.31 Å². The first-order valence-electron chi connectivity index (χ1n) is 8.28. The summed E-state index contributed by atoms with van der Waals surface area (Å²) >= 11 is 0.